The van der Waals surface area contributed by atoms with Crippen molar-refractivity contribution in [3.05, 3.63) is 69.2 Å². The summed E-state index contributed by atoms with van der Waals surface area (Å²) in [6.45, 7) is 4.02. The van der Waals surface area contributed by atoms with Crippen LogP contribution in [-0.4, -0.2) is 0 Å². The molecule has 100 valence electrons. The van der Waals surface area contributed by atoms with Crippen molar-refractivity contribution in [3.63, 3.8) is 0 Å². The number of hydrogen-bond acceptors (Lipinski definition) is 1. The lowest BCUT2D eigenvalue weighted by Gasteiger charge is -2.26. The minimum atomic E-state index is -0.496. The molecule has 0 aliphatic rings. The van der Waals surface area contributed by atoms with E-state index < -0.39 is 5.54 Å². The molecule has 1 atom stereocenters. The van der Waals surface area contributed by atoms with Crippen molar-refractivity contribution in [2.45, 2.75) is 25.8 Å². The molecule has 2 N–H and O–H groups in total. The van der Waals surface area contributed by atoms with Crippen molar-refractivity contribution in [2.75, 3.05) is 0 Å². The third kappa shape index (κ3) is 3.50. The Kier molecular flexibility index (Phi) is 4.19. The summed E-state index contributed by atoms with van der Waals surface area (Å²) in [5, 5.41) is 1.46. The molecule has 2 rings (SSSR count). The molecule has 0 radical (unpaired) electrons. The molecule has 3 heteroatoms. The lowest BCUT2D eigenvalue weighted by molar-refractivity contribution is 0.491. The van der Waals surface area contributed by atoms with E-state index in [0.717, 1.165) is 21.7 Å². The first-order chi connectivity index (χ1) is 8.88. The second-order valence-electron chi connectivity index (χ2n) is 5.20. The molecule has 0 saturated heterocycles. The number of hydrogen-bond donors (Lipinski definition) is 1. The molecule has 0 saturated carbocycles. The zero-order valence-corrected chi connectivity index (χ0v) is 12.6. The van der Waals surface area contributed by atoms with E-state index in [0.29, 0.717) is 11.4 Å². The number of rotatable bonds is 3. The molecule has 0 amide bonds. The topological polar surface area (TPSA) is 26.0 Å². The average molecular weight is 294 g/mol. The van der Waals surface area contributed by atoms with Gasteiger partial charge in [-0.05, 0) is 55.2 Å². The summed E-state index contributed by atoms with van der Waals surface area (Å²) in [7, 11) is 0. The first kappa shape index (κ1) is 14.4. The Balaban J connectivity index is 2.30. The van der Waals surface area contributed by atoms with Crippen LogP contribution in [0.1, 0.15) is 23.6 Å². The van der Waals surface area contributed by atoms with Crippen LogP contribution in [0.2, 0.25) is 10.0 Å². The molecule has 0 heterocycles. The van der Waals surface area contributed by atoms with Crippen LogP contribution in [0, 0.1) is 6.92 Å². The molecule has 2 aromatic rings. The highest BCUT2D eigenvalue weighted by Crippen LogP contribution is 2.28. The van der Waals surface area contributed by atoms with E-state index in [4.69, 9.17) is 28.9 Å². The van der Waals surface area contributed by atoms with Crippen molar-refractivity contribution in [3.8, 4) is 0 Å². The van der Waals surface area contributed by atoms with E-state index in [2.05, 4.69) is 6.07 Å². The molecule has 1 unspecified atom stereocenters. The van der Waals surface area contributed by atoms with E-state index in [1.165, 1.54) is 0 Å². The van der Waals surface area contributed by atoms with Crippen LogP contribution in [-0.2, 0) is 12.0 Å². The number of nitrogens with two attached hydrogens (primary N) is 1. The lowest BCUT2D eigenvalue weighted by atomic mass is 9.86. The second-order valence-corrected chi connectivity index (χ2v) is 6.04. The van der Waals surface area contributed by atoms with Crippen molar-refractivity contribution < 1.29 is 0 Å². The third-order valence-electron chi connectivity index (χ3n) is 3.25. The van der Waals surface area contributed by atoms with Crippen LogP contribution in [0.15, 0.2) is 42.5 Å². The second kappa shape index (κ2) is 5.54. The Bertz CT molecular complexity index is 591. The van der Waals surface area contributed by atoms with Gasteiger partial charge in [0, 0.05) is 15.6 Å². The van der Waals surface area contributed by atoms with Gasteiger partial charge in [0.2, 0.25) is 0 Å². The highest BCUT2D eigenvalue weighted by molar-refractivity contribution is 6.31. The largest absolute Gasteiger partial charge is 0.321 e. The van der Waals surface area contributed by atoms with E-state index in [1.54, 1.807) is 0 Å². The van der Waals surface area contributed by atoms with Crippen LogP contribution in [0.5, 0.6) is 0 Å². The van der Waals surface area contributed by atoms with Gasteiger partial charge >= 0.3 is 0 Å². The smallest absolute Gasteiger partial charge is 0.0441 e. The van der Waals surface area contributed by atoms with Gasteiger partial charge in [-0.15, -0.1) is 0 Å². The third-order valence-corrected chi connectivity index (χ3v) is 3.84. The Hall–Kier alpha value is -1.02. The summed E-state index contributed by atoms with van der Waals surface area (Å²) in [5.74, 6) is 0. The molecule has 0 aliphatic carbocycles. The Labute approximate surface area is 124 Å². The Morgan fingerprint density at radius 3 is 2.47 bits per heavy atom. The normalized spacial score (nSPS) is 14.2. The van der Waals surface area contributed by atoms with Gasteiger partial charge < -0.3 is 5.73 Å². The summed E-state index contributed by atoms with van der Waals surface area (Å²) < 4.78 is 0. The van der Waals surface area contributed by atoms with Crippen LogP contribution < -0.4 is 5.73 Å². The van der Waals surface area contributed by atoms with E-state index in [-0.39, 0.29) is 0 Å². The Morgan fingerprint density at radius 1 is 1.11 bits per heavy atom. The fourth-order valence-electron chi connectivity index (χ4n) is 2.14. The van der Waals surface area contributed by atoms with Crippen LogP contribution in [0.25, 0.3) is 0 Å². The van der Waals surface area contributed by atoms with Crippen molar-refractivity contribution in [1.29, 1.82) is 0 Å². The molecule has 1 nitrogen and oxygen atoms in total. The zero-order valence-electron chi connectivity index (χ0n) is 11.1. The van der Waals surface area contributed by atoms with Crippen LogP contribution >= 0.6 is 23.2 Å². The number of halogens is 2. The maximum absolute atomic E-state index is 6.43. The van der Waals surface area contributed by atoms with Crippen molar-refractivity contribution >= 4 is 23.2 Å². The SMILES string of the molecule is Cc1ccc(CC(C)(N)c2cccc(Cl)c2)c(Cl)c1. The maximum Gasteiger partial charge on any atom is 0.0441 e. The first-order valence-electron chi connectivity index (χ1n) is 6.18. The van der Waals surface area contributed by atoms with Crippen molar-refractivity contribution in [1.82, 2.24) is 0 Å². The number of aryl methyl sites for hydroxylation is 1. The van der Waals surface area contributed by atoms with Gasteiger partial charge in [0.15, 0.2) is 0 Å². The standard InChI is InChI=1S/C16H17Cl2N/c1-11-6-7-12(15(18)8-11)10-16(2,19)13-4-3-5-14(17)9-13/h3-9H,10,19H2,1-2H3. The first-order valence-corrected chi connectivity index (χ1v) is 6.94. The molecular weight excluding hydrogens is 277 g/mol. The summed E-state index contributed by atoms with van der Waals surface area (Å²) >= 11 is 12.3. The average Bonchev–Trinajstić information content (AvgIpc) is 2.33. The molecule has 0 aromatic heterocycles. The predicted molar refractivity (Wildman–Crippen MR) is 82.9 cm³/mol. The van der Waals surface area contributed by atoms with E-state index in [1.807, 2.05) is 50.2 Å². The molecule has 2 aromatic carbocycles. The zero-order chi connectivity index (χ0) is 14.0. The van der Waals surface area contributed by atoms with Crippen LogP contribution in [0.3, 0.4) is 0 Å². The molecular formula is C16H17Cl2N. The fraction of sp³-hybridized carbons (Fsp3) is 0.250. The summed E-state index contributed by atoms with van der Waals surface area (Å²) in [5.41, 5.74) is 9.14. The summed E-state index contributed by atoms with van der Waals surface area (Å²) in [4.78, 5) is 0. The van der Waals surface area contributed by atoms with E-state index in [9.17, 15) is 0 Å². The lowest BCUT2D eigenvalue weighted by Crippen LogP contribution is -2.35. The monoisotopic (exact) mass is 293 g/mol. The van der Waals surface area contributed by atoms with E-state index >= 15 is 0 Å². The fourth-order valence-corrected chi connectivity index (χ4v) is 2.63. The van der Waals surface area contributed by atoms with Gasteiger partial charge in [0.1, 0.15) is 0 Å². The van der Waals surface area contributed by atoms with Gasteiger partial charge in [-0.2, -0.15) is 0 Å². The predicted octanol–water partition coefficient (Wildman–Crippen LogP) is 4.72. The van der Waals surface area contributed by atoms with Crippen LogP contribution in [0.4, 0.5) is 0 Å². The van der Waals surface area contributed by atoms with Crippen molar-refractivity contribution in [2.24, 2.45) is 5.73 Å². The molecule has 0 spiro atoms. The number of benzene rings is 2. The van der Waals surface area contributed by atoms with Gasteiger partial charge in [0.05, 0.1) is 0 Å². The molecule has 0 bridgehead atoms. The molecule has 0 aliphatic heterocycles. The Morgan fingerprint density at radius 2 is 1.84 bits per heavy atom. The highest BCUT2D eigenvalue weighted by Gasteiger charge is 2.23. The van der Waals surface area contributed by atoms with Gasteiger partial charge in [-0.3, -0.25) is 0 Å². The molecule has 19 heavy (non-hydrogen) atoms. The summed E-state index contributed by atoms with van der Waals surface area (Å²) in [6.07, 6.45) is 0.673. The van der Waals surface area contributed by atoms with Gasteiger partial charge in [-0.25, -0.2) is 0 Å². The highest BCUT2D eigenvalue weighted by atomic mass is 35.5. The van der Waals surface area contributed by atoms with Gasteiger partial charge in [-0.1, -0.05) is 47.5 Å². The maximum atomic E-state index is 6.43. The van der Waals surface area contributed by atoms with Gasteiger partial charge in [0.25, 0.3) is 0 Å². The minimum absolute atomic E-state index is 0.496. The summed E-state index contributed by atoms with van der Waals surface area (Å²) in [6, 6.07) is 13.7. The quantitative estimate of drug-likeness (QED) is 0.871. The minimum Gasteiger partial charge on any atom is -0.321 e. The molecule has 0 fully saturated rings.